The van der Waals surface area contributed by atoms with E-state index in [4.69, 9.17) is 38.3 Å². The predicted molar refractivity (Wildman–Crippen MR) is 138 cm³/mol. The molecule has 40 heavy (non-hydrogen) atoms. The molecule has 2 aromatic rings. The van der Waals surface area contributed by atoms with Crippen LogP contribution >= 0.6 is 0 Å². The van der Waals surface area contributed by atoms with Gasteiger partial charge in [0.25, 0.3) is 0 Å². The molecule has 0 radical (unpaired) electrons. The molecule has 1 saturated heterocycles. The minimum Gasteiger partial charge on any atom is -0.493 e. The summed E-state index contributed by atoms with van der Waals surface area (Å²) in [4.78, 5) is 0. The van der Waals surface area contributed by atoms with Crippen molar-refractivity contribution < 1.29 is 63.8 Å². The van der Waals surface area contributed by atoms with Gasteiger partial charge in [0.2, 0.25) is 17.8 Å². The van der Waals surface area contributed by atoms with Gasteiger partial charge in [-0.1, -0.05) is 12.2 Å². The summed E-state index contributed by atoms with van der Waals surface area (Å²) in [5, 5.41) is 59.4. The lowest BCUT2D eigenvalue weighted by molar-refractivity contribution is -0.277. The van der Waals surface area contributed by atoms with Crippen molar-refractivity contribution in [1.82, 2.24) is 0 Å². The molecule has 6 N–H and O–H groups in total. The molecule has 0 aliphatic carbocycles. The molecule has 220 valence electrons. The first-order valence-corrected chi connectivity index (χ1v) is 12.5. The van der Waals surface area contributed by atoms with E-state index in [1.807, 2.05) is 0 Å². The highest BCUT2D eigenvalue weighted by Gasteiger charge is 2.45. The van der Waals surface area contributed by atoms with Gasteiger partial charge in [0.15, 0.2) is 35.2 Å². The summed E-state index contributed by atoms with van der Waals surface area (Å²) in [6.07, 6.45) is -5.94. The van der Waals surface area contributed by atoms with Gasteiger partial charge >= 0.3 is 0 Å². The molecule has 2 aliphatic rings. The number of fused-ring (bicyclic) bond motifs is 1. The van der Waals surface area contributed by atoms with Gasteiger partial charge in [0.1, 0.15) is 24.4 Å². The SMILES string of the molecule is COc1cc([C@@H]2Oc3cc(/C=C/CO)cc(OC)c3O[C@H]2CO)cc(OC)c1O[C@@H]1O[C@H](CO)[C@@H](O)[C@H](O)[C@H]1O. The van der Waals surface area contributed by atoms with E-state index in [1.54, 1.807) is 36.4 Å². The molecule has 0 unspecified atom stereocenters. The van der Waals surface area contributed by atoms with Crippen molar-refractivity contribution in [3.8, 4) is 34.5 Å². The normalized spacial score (nSPS) is 27.9. The first-order chi connectivity index (χ1) is 19.3. The molecule has 0 aromatic heterocycles. The Morgan fingerprint density at radius 1 is 0.775 bits per heavy atom. The molecule has 2 heterocycles. The maximum atomic E-state index is 10.4. The summed E-state index contributed by atoms with van der Waals surface area (Å²) >= 11 is 0. The minimum atomic E-state index is -1.65. The van der Waals surface area contributed by atoms with Crippen LogP contribution in [0.3, 0.4) is 0 Å². The van der Waals surface area contributed by atoms with Gasteiger partial charge in [0, 0.05) is 5.56 Å². The van der Waals surface area contributed by atoms with Gasteiger partial charge in [0.05, 0.1) is 41.2 Å². The van der Waals surface area contributed by atoms with Crippen LogP contribution in [-0.4, -0.2) is 109 Å². The summed E-state index contributed by atoms with van der Waals surface area (Å²) in [5.41, 5.74) is 1.17. The van der Waals surface area contributed by atoms with E-state index in [-0.39, 0.29) is 23.9 Å². The lowest BCUT2D eigenvalue weighted by atomic mass is 9.99. The minimum absolute atomic E-state index is 0.00820. The Hall–Kier alpha value is -3.30. The molecule has 7 atom stereocenters. The van der Waals surface area contributed by atoms with Gasteiger partial charge in [-0.25, -0.2) is 0 Å². The van der Waals surface area contributed by atoms with E-state index in [0.717, 1.165) is 0 Å². The highest BCUT2D eigenvalue weighted by atomic mass is 16.7. The summed E-state index contributed by atoms with van der Waals surface area (Å²) in [7, 11) is 4.23. The maximum absolute atomic E-state index is 10.4. The highest BCUT2D eigenvalue weighted by molar-refractivity contribution is 5.63. The second kappa shape index (κ2) is 12.9. The quantitative estimate of drug-likeness (QED) is 0.222. The third-order valence-electron chi connectivity index (χ3n) is 6.61. The number of rotatable bonds is 10. The van der Waals surface area contributed by atoms with Crippen molar-refractivity contribution in [3.63, 3.8) is 0 Å². The van der Waals surface area contributed by atoms with Crippen LogP contribution in [0.5, 0.6) is 34.5 Å². The molecule has 0 bridgehead atoms. The van der Waals surface area contributed by atoms with Crippen molar-refractivity contribution in [2.75, 3.05) is 41.2 Å². The zero-order chi connectivity index (χ0) is 29.0. The Morgan fingerprint density at radius 3 is 2.00 bits per heavy atom. The zero-order valence-electron chi connectivity index (χ0n) is 22.2. The van der Waals surface area contributed by atoms with Crippen LogP contribution in [0, 0.1) is 0 Å². The molecule has 4 rings (SSSR count). The van der Waals surface area contributed by atoms with Crippen molar-refractivity contribution in [2.45, 2.75) is 42.9 Å². The molecule has 2 aliphatic heterocycles. The molecule has 0 spiro atoms. The predicted octanol–water partition coefficient (Wildman–Crippen LogP) is -0.230. The lowest BCUT2D eigenvalue weighted by Crippen LogP contribution is -2.60. The molecule has 0 saturated carbocycles. The monoisotopic (exact) mass is 566 g/mol. The third kappa shape index (κ3) is 5.76. The second-order valence-corrected chi connectivity index (χ2v) is 9.08. The molecular formula is C27H34O13. The van der Waals surface area contributed by atoms with Crippen molar-refractivity contribution >= 4 is 6.08 Å². The fourth-order valence-corrected chi connectivity index (χ4v) is 4.54. The van der Waals surface area contributed by atoms with Gasteiger partial charge in [-0.05, 0) is 29.8 Å². The molecule has 13 nitrogen and oxygen atoms in total. The third-order valence-corrected chi connectivity index (χ3v) is 6.61. The molecule has 13 heteroatoms. The number of aliphatic hydroxyl groups is 6. The standard InChI is InChI=1S/C27H34O13/c1-34-15-7-13(5-4-6-28)8-18-26(15)38-20(12-30)24(37-18)14-9-16(35-2)25(17(10-14)36-3)40-27-23(33)22(32)21(31)19(11-29)39-27/h4-5,7-10,19-24,27-33H,6,11-12H2,1-3H3/b5-4+/t19-,20+,21-,22+,23-,24+,27+/m1/s1. The van der Waals surface area contributed by atoms with Crippen molar-refractivity contribution in [3.05, 3.63) is 41.5 Å². The molecular weight excluding hydrogens is 532 g/mol. The van der Waals surface area contributed by atoms with E-state index in [2.05, 4.69) is 0 Å². The Bertz CT molecular complexity index is 1160. The number of methoxy groups -OCH3 is 3. The van der Waals surface area contributed by atoms with Gasteiger partial charge in [-0.3, -0.25) is 0 Å². The fraction of sp³-hybridized carbons (Fsp3) is 0.481. The van der Waals surface area contributed by atoms with Crippen molar-refractivity contribution in [1.29, 1.82) is 0 Å². The van der Waals surface area contributed by atoms with E-state index in [0.29, 0.717) is 28.4 Å². The van der Waals surface area contributed by atoms with E-state index < -0.39 is 56.1 Å². The topological polar surface area (TPSA) is 186 Å². The highest BCUT2D eigenvalue weighted by Crippen LogP contribution is 2.49. The molecule has 0 amide bonds. The largest absolute Gasteiger partial charge is 0.493 e. The lowest BCUT2D eigenvalue weighted by Gasteiger charge is -2.39. The Morgan fingerprint density at radius 2 is 1.43 bits per heavy atom. The summed E-state index contributed by atoms with van der Waals surface area (Å²) in [5.74, 6) is 1.30. The van der Waals surface area contributed by atoms with Crippen molar-refractivity contribution in [2.24, 2.45) is 0 Å². The van der Waals surface area contributed by atoms with Gasteiger partial charge < -0.3 is 63.8 Å². The fourth-order valence-electron chi connectivity index (χ4n) is 4.54. The zero-order valence-corrected chi connectivity index (χ0v) is 22.2. The van der Waals surface area contributed by atoms with Crippen LogP contribution < -0.4 is 28.4 Å². The van der Waals surface area contributed by atoms with Gasteiger partial charge in [-0.15, -0.1) is 0 Å². The Balaban J connectivity index is 1.70. The van der Waals surface area contributed by atoms with Crippen LogP contribution in [0.2, 0.25) is 0 Å². The first kappa shape index (κ1) is 29.7. The first-order valence-electron chi connectivity index (χ1n) is 12.5. The second-order valence-electron chi connectivity index (χ2n) is 9.08. The average molecular weight is 567 g/mol. The number of hydrogen-bond donors (Lipinski definition) is 6. The molecule has 2 aromatic carbocycles. The Labute approximate surface area is 230 Å². The van der Waals surface area contributed by atoms with Crippen LogP contribution in [-0.2, 0) is 4.74 Å². The van der Waals surface area contributed by atoms with E-state index in [1.165, 1.54) is 21.3 Å². The number of benzene rings is 2. The molecule has 1 fully saturated rings. The smallest absolute Gasteiger partial charge is 0.229 e. The van der Waals surface area contributed by atoms with E-state index >= 15 is 0 Å². The maximum Gasteiger partial charge on any atom is 0.229 e. The summed E-state index contributed by atoms with van der Waals surface area (Å²) < 4.78 is 40.1. The Kier molecular flexibility index (Phi) is 9.58. The van der Waals surface area contributed by atoms with Crippen LogP contribution in [0.4, 0.5) is 0 Å². The number of hydrogen-bond acceptors (Lipinski definition) is 13. The number of aliphatic hydroxyl groups excluding tert-OH is 6. The van der Waals surface area contributed by atoms with Crippen LogP contribution in [0.1, 0.15) is 17.2 Å². The van der Waals surface area contributed by atoms with Crippen LogP contribution in [0.25, 0.3) is 6.08 Å². The van der Waals surface area contributed by atoms with E-state index in [9.17, 15) is 25.5 Å². The number of ether oxygens (including phenoxy) is 7. The van der Waals surface area contributed by atoms with Gasteiger partial charge in [-0.2, -0.15) is 0 Å². The summed E-state index contributed by atoms with van der Waals surface area (Å²) in [6.45, 7) is -1.18. The summed E-state index contributed by atoms with van der Waals surface area (Å²) in [6, 6.07) is 6.54. The van der Waals surface area contributed by atoms with Crippen LogP contribution in [0.15, 0.2) is 30.3 Å². The average Bonchev–Trinajstić information content (AvgIpc) is 2.98.